The van der Waals surface area contributed by atoms with Crippen LogP contribution in [0.3, 0.4) is 0 Å². The lowest BCUT2D eigenvalue weighted by Gasteiger charge is -1.99. The molecule has 6 nitrogen and oxygen atoms in total. The second-order valence-electron chi connectivity index (χ2n) is 6.70. The minimum atomic E-state index is -0.175. The van der Waals surface area contributed by atoms with Gasteiger partial charge in [0.05, 0.1) is 28.0 Å². The molecule has 0 radical (unpaired) electrons. The van der Waals surface area contributed by atoms with E-state index in [9.17, 15) is 4.79 Å². The van der Waals surface area contributed by atoms with E-state index in [0.29, 0.717) is 17.2 Å². The van der Waals surface area contributed by atoms with Crippen LogP contribution >= 0.6 is 11.3 Å². The summed E-state index contributed by atoms with van der Waals surface area (Å²) in [7, 11) is 0. The van der Waals surface area contributed by atoms with E-state index < -0.39 is 0 Å². The van der Waals surface area contributed by atoms with Gasteiger partial charge in [0.15, 0.2) is 0 Å². The van der Waals surface area contributed by atoms with Crippen LogP contribution in [0.5, 0.6) is 0 Å². The third kappa shape index (κ3) is 3.46. The predicted molar refractivity (Wildman–Crippen MR) is 121 cm³/mol. The number of aliphatic imine (C=N–C) groups is 1. The highest BCUT2D eigenvalue weighted by atomic mass is 32.1. The summed E-state index contributed by atoms with van der Waals surface area (Å²) in [5.74, 6) is 0. The second kappa shape index (κ2) is 7.88. The summed E-state index contributed by atoms with van der Waals surface area (Å²) in [6.07, 6.45) is 5.11. The van der Waals surface area contributed by atoms with Crippen molar-refractivity contribution in [3.63, 3.8) is 0 Å². The molecule has 5 aromatic rings. The van der Waals surface area contributed by atoms with Crippen LogP contribution in [0, 0.1) is 0 Å². The smallest absolute Gasteiger partial charge is 0.282 e. The highest BCUT2D eigenvalue weighted by molar-refractivity contribution is 7.20. The van der Waals surface area contributed by atoms with Gasteiger partial charge < -0.3 is 0 Å². The lowest BCUT2D eigenvalue weighted by atomic mass is 10.1. The lowest BCUT2D eigenvalue weighted by Crippen LogP contribution is -2.17. The molecule has 0 fully saturated rings. The Hall–Kier alpha value is -3.84. The molecule has 30 heavy (non-hydrogen) atoms. The minimum absolute atomic E-state index is 0.175. The van der Waals surface area contributed by atoms with Gasteiger partial charge in [-0.1, -0.05) is 53.8 Å². The summed E-state index contributed by atoms with van der Waals surface area (Å²) >= 11 is 1.47. The van der Waals surface area contributed by atoms with E-state index >= 15 is 0 Å². The van der Waals surface area contributed by atoms with Crippen molar-refractivity contribution in [3.8, 4) is 16.4 Å². The molecule has 0 saturated heterocycles. The highest BCUT2D eigenvalue weighted by Gasteiger charge is 2.17. The summed E-state index contributed by atoms with van der Waals surface area (Å²) in [4.78, 5) is 26.4. The Balaban J connectivity index is 1.60. The van der Waals surface area contributed by atoms with E-state index in [2.05, 4.69) is 20.1 Å². The van der Waals surface area contributed by atoms with E-state index in [1.165, 1.54) is 16.0 Å². The minimum Gasteiger partial charge on any atom is -0.288 e. The van der Waals surface area contributed by atoms with E-state index in [0.717, 1.165) is 27.0 Å². The summed E-state index contributed by atoms with van der Waals surface area (Å²) in [6, 6.07) is 21.4. The van der Waals surface area contributed by atoms with Gasteiger partial charge >= 0.3 is 0 Å². The average molecular weight is 411 g/mol. The molecule has 0 spiro atoms. The van der Waals surface area contributed by atoms with Crippen molar-refractivity contribution in [2.45, 2.75) is 6.54 Å². The molecule has 0 aliphatic heterocycles. The number of H-pyrrole nitrogens is 1. The number of fused-ring (bicyclic) bond motifs is 1. The summed E-state index contributed by atoms with van der Waals surface area (Å²) < 4.78 is 2.53. The summed E-state index contributed by atoms with van der Waals surface area (Å²) in [5, 5.41) is 3.85. The first-order chi connectivity index (χ1) is 14.8. The zero-order valence-corrected chi connectivity index (χ0v) is 16.7. The van der Waals surface area contributed by atoms with Crippen LogP contribution in [0.15, 0.2) is 88.9 Å². The van der Waals surface area contributed by atoms with Crippen molar-refractivity contribution in [1.82, 2.24) is 19.7 Å². The first-order valence-corrected chi connectivity index (χ1v) is 10.3. The number of rotatable bonds is 5. The zero-order valence-electron chi connectivity index (χ0n) is 15.9. The van der Waals surface area contributed by atoms with Crippen molar-refractivity contribution in [3.05, 3.63) is 101 Å². The molecule has 0 bridgehead atoms. The molecular formula is C23H17N5OS. The first kappa shape index (κ1) is 18.2. The Labute approximate surface area is 176 Å². The molecule has 146 valence electrons. The van der Waals surface area contributed by atoms with Gasteiger partial charge in [0.2, 0.25) is 5.13 Å². The first-order valence-electron chi connectivity index (χ1n) is 9.45. The fourth-order valence-corrected chi connectivity index (χ4v) is 4.14. The van der Waals surface area contributed by atoms with Crippen LogP contribution in [-0.2, 0) is 6.54 Å². The van der Waals surface area contributed by atoms with Gasteiger partial charge in [-0.2, -0.15) is 4.68 Å². The number of thiazole rings is 1. The molecule has 0 unspecified atom stereocenters. The fourth-order valence-electron chi connectivity index (χ4n) is 3.22. The van der Waals surface area contributed by atoms with E-state index in [1.54, 1.807) is 18.6 Å². The number of benzene rings is 2. The van der Waals surface area contributed by atoms with Gasteiger partial charge in [0.25, 0.3) is 5.56 Å². The standard InChI is InChI=1S/C23H17N5OS/c29-22-18(15-25-14-16-10-12-24-13-11-16)21(17-6-2-1-3-7-17)27-28(22)23-26-19-8-4-5-9-20(19)30-23/h1-13,15,27H,14H2. The number of pyridine rings is 1. The monoisotopic (exact) mass is 411 g/mol. The zero-order chi connectivity index (χ0) is 20.3. The lowest BCUT2D eigenvalue weighted by molar-refractivity contribution is 0.845. The molecule has 2 aromatic carbocycles. The fraction of sp³-hybridized carbons (Fsp3) is 0.0435. The maximum Gasteiger partial charge on any atom is 0.282 e. The second-order valence-corrected chi connectivity index (χ2v) is 7.71. The van der Waals surface area contributed by atoms with Gasteiger partial charge in [-0.15, -0.1) is 0 Å². The van der Waals surface area contributed by atoms with Crippen molar-refractivity contribution in [2.24, 2.45) is 4.99 Å². The molecule has 0 aliphatic rings. The van der Waals surface area contributed by atoms with Crippen molar-refractivity contribution in [2.75, 3.05) is 0 Å². The molecule has 0 saturated carbocycles. The topological polar surface area (TPSA) is 75.9 Å². The molecule has 0 aliphatic carbocycles. The number of hydrogen-bond acceptors (Lipinski definition) is 5. The number of nitrogens with one attached hydrogen (secondary N) is 1. The summed E-state index contributed by atoms with van der Waals surface area (Å²) in [5.41, 5.74) is 3.87. The Morgan fingerprint density at radius 1 is 1.00 bits per heavy atom. The van der Waals surface area contributed by atoms with Crippen LogP contribution in [0.1, 0.15) is 11.1 Å². The largest absolute Gasteiger partial charge is 0.288 e. The number of nitrogens with zero attached hydrogens (tertiary/aromatic N) is 4. The van der Waals surface area contributed by atoms with Crippen LogP contribution in [0.25, 0.3) is 26.6 Å². The van der Waals surface area contributed by atoms with Crippen LogP contribution in [-0.4, -0.2) is 26.0 Å². The quantitative estimate of drug-likeness (QED) is 0.434. The molecule has 0 atom stereocenters. The van der Waals surface area contributed by atoms with Crippen molar-refractivity contribution in [1.29, 1.82) is 0 Å². The number of aromatic amines is 1. The molecular weight excluding hydrogens is 394 g/mol. The van der Waals surface area contributed by atoms with Gasteiger partial charge in [-0.05, 0) is 29.8 Å². The van der Waals surface area contributed by atoms with Crippen LogP contribution in [0.2, 0.25) is 0 Å². The number of aromatic nitrogens is 4. The van der Waals surface area contributed by atoms with E-state index in [-0.39, 0.29) is 5.56 Å². The Bertz CT molecular complexity index is 1350. The third-order valence-electron chi connectivity index (χ3n) is 4.71. The van der Waals surface area contributed by atoms with Gasteiger partial charge in [0, 0.05) is 24.2 Å². The van der Waals surface area contributed by atoms with E-state index in [1.807, 2.05) is 66.7 Å². The Morgan fingerprint density at radius 3 is 2.57 bits per heavy atom. The maximum absolute atomic E-state index is 13.3. The van der Waals surface area contributed by atoms with Crippen molar-refractivity contribution >= 4 is 27.8 Å². The Morgan fingerprint density at radius 2 is 1.77 bits per heavy atom. The third-order valence-corrected chi connectivity index (χ3v) is 5.73. The van der Waals surface area contributed by atoms with Gasteiger partial charge in [-0.3, -0.25) is 19.9 Å². The SMILES string of the molecule is O=c1c(C=NCc2ccncc2)c(-c2ccccc2)[nH]n1-c1nc2ccccc2s1. The Kier molecular flexibility index (Phi) is 4.78. The highest BCUT2D eigenvalue weighted by Crippen LogP contribution is 2.25. The maximum atomic E-state index is 13.3. The number of para-hydroxylation sites is 1. The predicted octanol–water partition coefficient (Wildman–Crippen LogP) is 4.46. The normalized spacial score (nSPS) is 11.5. The summed E-state index contributed by atoms with van der Waals surface area (Å²) in [6.45, 7) is 0.475. The molecule has 1 N–H and O–H groups in total. The van der Waals surface area contributed by atoms with Crippen LogP contribution < -0.4 is 5.56 Å². The van der Waals surface area contributed by atoms with Crippen LogP contribution in [0.4, 0.5) is 0 Å². The van der Waals surface area contributed by atoms with E-state index in [4.69, 9.17) is 0 Å². The molecule has 5 rings (SSSR count). The number of hydrogen-bond donors (Lipinski definition) is 1. The molecule has 3 aromatic heterocycles. The van der Waals surface area contributed by atoms with Crippen molar-refractivity contribution < 1.29 is 0 Å². The molecule has 0 amide bonds. The molecule has 7 heteroatoms. The van der Waals surface area contributed by atoms with Gasteiger partial charge in [0.1, 0.15) is 0 Å². The van der Waals surface area contributed by atoms with Gasteiger partial charge in [-0.25, -0.2) is 4.98 Å². The average Bonchev–Trinajstić information content (AvgIpc) is 3.36. The molecule has 3 heterocycles.